The van der Waals surface area contributed by atoms with E-state index in [1.54, 1.807) is 6.07 Å². The Morgan fingerprint density at radius 3 is 3.06 bits per heavy atom. The lowest BCUT2D eigenvalue weighted by atomic mass is 10.1. The summed E-state index contributed by atoms with van der Waals surface area (Å²) < 4.78 is 15.4. The molecule has 1 unspecified atom stereocenters. The Kier molecular flexibility index (Phi) is 2.04. The summed E-state index contributed by atoms with van der Waals surface area (Å²) in [4.78, 5) is 0. The highest BCUT2D eigenvalue weighted by molar-refractivity contribution is 5.86. The molecule has 1 aromatic heterocycles. The number of aryl methyl sites for hydroxylation is 2. The largest absolute Gasteiger partial charge is 0.347 e. The van der Waals surface area contributed by atoms with E-state index in [4.69, 9.17) is 5.73 Å². The monoisotopic (exact) mass is 218 g/mol. The van der Waals surface area contributed by atoms with Gasteiger partial charge in [0, 0.05) is 36.1 Å². The highest BCUT2D eigenvalue weighted by Crippen LogP contribution is 2.39. The van der Waals surface area contributed by atoms with Crippen molar-refractivity contribution < 1.29 is 4.39 Å². The molecule has 0 radical (unpaired) electrons. The number of hydrogen-bond donors (Lipinski definition) is 1. The molecule has 1 aliphatic rings. The third-order valence-corrected chi connectivity index (χ3v) is 3.73. The molecule has 0 spiro atoms. The molecule has 0 saturated heterocycles. The molecule has 3 rings (SSSR count). The molecule has 1 aliphatic carbocycles. The molecule has 2 N–H and O–H groups in total. The summed E-state index contributed by atoms with van der Waals surface area (Å²) in [6, 6.07) is 5.03. The van der Waals surface area contributed by atoms with Gasteiger partial charge in [0.05, 0.1) is 0 Å². The van der Waals surface area contributed by atoms with Gasteiger partial charge in [-0.25, -0.2) is 4.39 Å². The molecule has 2 nitrogen and oxygen atoms in total. The number of halogens is 1. The van der Waals surface area contributed by atoms with Crippen LogP contribution in [-0.4, -0.2) is 11.1 Å². The van der Waals surface area contributed by atoms with E-state index in [-0.39, 0.29) is 5.82 Å². The molecule has 0 bridgehead atoms. The van der Waals surface area contributed by atoms with Gasteiger partial charge in [-0.1, -0.05) is 0 Å². The zero-order valence-corrected chi connectivity index (χ0v) is 9.33. The van der Waals surface area contributed by atoms with Gasteiger partial charge in [0.1, 0.15) is 5.82 Å². The quantitative estimate of drug-likeness (QED) is 0.782. The van der Waals surface area contributed by atoms with Gasteiger partial charge >= 0.3 is 0 Å². The second kappa shape index (κ2) is 3.32. The molecular weight excluding hydrogens is 203 g/mol. The second-order valence-electron chi connectivity index (χ2n) is 4.56. The Balaban J connectivity index is 2.34. The summed E-state index contributed by atoms with van der Waals surface area (Å²) in [7, 11) is 2.05. The molecule has 3 heteroatoms. The normalized spacial score (nSPS) is 19.3. The van der Waals surface area contributed by atoms with Gasteiger partial charge in [0.25, 0.3) is 0 Å². The average molecular weight is 218 g/mol. The number of fused-ring (bicyclic) bond motifs is 3. The molecule has 0 fully saturated rings. The van der Waals surface area contributed by atoms with Crippen LogP contribution in [0.5, 0.6) is 0 Å². The summed E-state index contributed by atoms with van der Waals surface area (Å²) in [5, 5.41) is 1.06. The lowest BCUT2D eigenvalue weighted by molar-refractivity contribution is 0.628. The first-order valence-corrected chi connectivity index (χ1v) is 5.69. The minimum Gasteiger partial charge on any atom is -0.347 e. The van der Waals surface area contributed by atoms with Crippen LogP contribution in [0.3, 0.4) is 0 Å². The highest BCUT2D eigenvalue weighted by atomic mass is 19.1. The van der Waals surface area contributed by atoms with E-state index in [9.17, 15) is 4.39 Å². The highest BCUT2D eigenvalue weighted by Gasteiger charge is 2.27. The number of hydrogen-bond acceptors (Lipinski definition) is 1. The Morgan fingerprint density at radius 2 is 2.31 bits per heavy atom. The van der Waals surface area contributed by atoms with E-state index in [0.717, 1.165) is 23.7 Å². The number of nitrogens with zero attached hydrogens (tertiary/aromatic N) is 1. The van der Waals surface area contributed by atoms with Crippen LogP contribution in [0.15, 0.2) is 18.2 Å². The van der Waals surface area contributed by atoms with Crippen molar-refractivity contribution in [3.8, 4) is 0 Å². The topological polar surface area (TPSA) is 30.9 Å². The maximum Gasteiger partial charge on any atom is 0.123 e. The van der Waals surface area contributed by atoms with Crippen LogP contribution in [0.4, 0.5) is 4.39 Å². The predicted octanol–water partition coefficient (Wildman–Crippen LogP) is 2.31. The van der Waals surface area contributed by atoms with Crippen molar-refractivity contribution in [2.45, 2.75) is 18.8 Å². The van der Waals surface area contributed by atoms with Crippen molar-refractivity contribution in [3.63, 3.8) is 0 Å². The van der Waals surface area contributed by atoms with Crippen LogP contribution in [0.2, 0.25) is 0 Å². The summed E-state index contributed by atoms with van der Waals surface area (Å²) in [6.45, 7) is 0.680. The zero-order chi connectivity index (χ0) is 11.3. The van der Waals surface area contributed by atoms with Gasteiger partial charge < -0.3 is 10.3 Å². The van der Waals surface area contributed by atoms with Gasteiger partial charge in [0.2, 0.25) is 0 Å². The molecule has 1 atom stereocenters. The summed E-state index contributed by atoms with van der Waals surface area (Å²) >= 11 is 0. The minimum atomic E-state index is -0.155. The summed E-state index contributed by atoms with van der Waals surface area (Å²) in [5.74, 6) is 0.285. The Morgan fingerprint density at radius 1 is 1.50 bits per heavy atom. The molecule has 1 heterocycles. The maximum absolute atomic E-state index is 13.3. The molecule has 2 aromatic rings. The first-order chi connectivity index (χ1) is 7.72. The van der Waals surface area contributed by atoms with E-state index in [1.807, 2.05) is 13.1 Å². The molecule has 0 saturated carbocycles. The second-order valence-corrected chi connectivity index (χ2v) is 4.56. The molecule has 0 aliphatic heterocycles. The van der Waals surface area contributed by atoms with Crippen molar-refractivity contribution in [1.29, 1.82) is 0 Å². The predicted molar refractivity (Wildman–Crippen MR) is 63.0 cm³/mol. The number of benzene rings is 1. The van der Waals surface area contributed by atoms with Crippen LogP contribution in [0.25, 0.3) is 10.9 Å². The molecule has 0 amide bonds. The van der Waals surface area contributed by atoms with Crippen molar-refractivity contribution >= 4 is 10.9 Å². The third kappa shape index (κ3) is 1.15. The van der Waals surface area contributed by atoms with Crippen molar-refractivity contribution in [3.05, 3.63) is 35.3 Å². The van der Waals surface area contributed by atoms with E-state index in [0.29, 0.717) is 12.5 Å². The van der Waals surface area contributed by atoms with Crippen molar-refractivity contribution in [2.75, 3.05) is 6.54 Å². The summed E-state index contributed by atoms with van der Waals surface area (Å²) in [5.41, 5.74) is 9.50. The smallest absolute Gasteiger partial charge is 0.123 e. The standard InChI is InChI=1S/C13H15FN2/c1-16-12-5-3-9(14)6-11(12)10-4-2-8(7-15)13(10)16/h3,5-6,8H,2,4,7,15H2,1H3. The van der Waals surface area contributed by atoms with E-state index in [1.165, 1.54) is 17.3 Å². The lowest BCUT2D eigenvalue weighted by Crippen LogP contribution is -2.12. The van der Waals surface area contributed by atoms with Crippen LogP contribution in [-0.2, 0) is 13.5 Å². The van der Waals surface area contributed by atoms with Crippen molar-refractivity contribution in [1.82, 2.24) is 4.57 Å². The van der Waals surface area contributed by atoms with Gasteiger partial charge in [-0.15, -0.1) is 0 Å². The fourth-order valence-corrected chi connectivity index (χ4v) is 2.98. The molecule has 16 heavy (non-hydrogen) atoms. The molecule has 84 valence electrons. The number of nitrogens with two attached hydrogens (primary N) is 1. The first-order valence-electron chi connectivity index (χ1n) is 5.69. The van der Waals surface area contributed by atoms with Gasteiger partial charge in [-0.2, -0.15) is 0 Å². The third-order valence-electron chi connectivity index (χ3n) is 3.73. The van der Waals surface area contributed by atoms with E-state index >= 15 is 0 Å². The van der Waals surface area contributed by atoms with Crippen LogP contribution in [0, 0.1) is 5.82 Å². The summed E-state index contributed by atoms with van der Waals surface area (Å²) in [6.07, 6.45) is 2.12. The number of aromatic nitrogens is 1. The Bertz CT molecular complexity index is 557. The minimum absolute atomic E-state index is 0.155. The Hall–Kier alpha value is -1.35. The Labute approximate surface area is 93.9 Å². The average Bonchev–Trinajstić information content (AvgIpc) is 2.80. The van der Waals surface area contributed by atoms with Crippen LogP contribution in [0.1, 0.15) is 23.6 Å². The maximum atomic E-state index is 13.3. The number of rotatable bonds is 1. The van der Waals surface area contributed by atoms with E-state index < -0.39 is 0 Å². The van der Waals surface area contributed by atoms with Crippen molar-refractivity contribution in [2.24, 2.45) is 12.8 Å². The van der Waals surface area contributed by atoms with Crippen LogP contribution >= 0.6 is 0 Å². The first kappa shape index (κ1) is 9.85. The van der Waals surface area contributed by atoms with Gasteiger partial charge in [0.15, 0.2) is 0 Å². The van der Waals surface area contributed by atoms with E-state index in [2.05, 4.69) is 4.57 Å². The fraction of sp³-hybridized carbons (Fsp3) is 0.385. The van der Waals surface area contributed by atoms with Gasteiger partial charge in [-0.3, -0.25) is 0 Å². The SMILES string of the molecule is Cn1c2c(c3cc(F)ccc31)CCC2CN. The van der Waals surface area contributed by atoms with Gasteiger partial charge in [-0.05, 0) is 36.6 Å². The van der Waals surface area contributed by atoms with Crippen LogP contribution < -0.4 is 5.73 Å². The zero-order valence-electron chi connectivity index (χ0n) is 9.33. The molecule has 1 aromatic carbocycles. The fourth-order valence-electron chi connectivity index (χ4n) is 2.98. The lowest BCUT2D eigenvalue weighted by Gasteiger charge is -2.10. The molecular formula is C13H15FN2.